The Kier molecular flexibility index (Phi) is 5.43. The van der Waals surface area contributed by atoms with Crippen LogP contribution in [0.25, 0.3) is 11.3 Å². The number of nitrogens with zero attached hydrogens (tertiary/aromatic N) is 1. The van der Waals surface area contributed by atoms with Crippen molar-refractivity contribution in [1.82, 2.24) is 5.16 Å². The van der Waals surface area contributed by atoms with Crippen LogP contribution in [0.5, 0.6) is 5.75 Å². The lowest BCUT2D eigenvalue weighted by atomic mass is 10.1. The van der Waals surface area contributed by atoms with Gasteiger partial charge in [0.1, 0.15) is 17.1 Å². The van der Waals surface area contributed by atoms with Gasteiger partial charge in [-0.3, -0.25) is 0 Å². The number of benzene rings is 2. The summed E-state index contributed by atoms with van der Waals surface area (Å²) in [5.41, 5.74) is 4.06. The maximum Gasteiger partial charge on any atom is 0.190 e. The number of rotatable bonds is 6. The molecule has 1 N–H and O–H groups in total. The minimum absolute atomic E-state index is 0.237. The predicted molar refractivity (Wildman–Crippen MR) is 104 cm³/mol. The molecule has 5 heteroatoms. The standard InChI is InChI=1S/C20H21BrN2O2/c1-13(12-15-4-10-18(24-3)11-5-15)22-19-14(2)23-25-20(19)16-6-8-17(21)9-7-16/h4-11,13,22H,12H2,1-3H3. The zero-order chi connectivity index (χ0) is 17.8. The summed E-state index contributed by atoms with van der Waals surface area (Å²) in [5.74, 6) is 1.64. The molecule has 0 spiro atoms. The third-order valence-electron chi connectivity index (χ3n) is 4.06. The molecular weight excluding hydrogens is 380 g/mol. The highest BCUT2D eigenvalue weighted by atomic mass is 79.9. The topological polar surface area (TPSA) is 47.3 Å². The lowest BCUT2D eigenvalue weighted by Gasteiger charge is -2.16. The van der Waals surface area contributed by atoms with E-state index in [4.69, 9.17) is 9.26 Å². The summed E-state index contributed by atoms with van der Waals surface area (Å²) in [6.07, 6.45) is 0.897. The van der Waals surface area contributed by atoms with E-state index >= 15 is 0 Å². The fourth-order valence-corrected chi connectivity index (χ4v) is 3.01. The number of ether oxygens (including phenoxy) is 1. The molecule has 3 aromatic rings. The third-order valence-corrected chi connectivity index (χ3v) is 4.59. The molecule has 3 rings (SSSR count). The van der Waals surface area contributed by atoms with Gasteiger partial charge in [0.05, 0.1) is 7.11 Å². The van der Waals surface area contributed by atoms with Crippen molar-refractivity contribution in [2.75, 3.05) is 12.4 Å². The second-order valence-corrected chi connectivity index (χ2v) is 6.99. The van der Waals surface area contributed by atoms with E-state index in [9.17, 15) is 0 Å². The summed E-state index contributed by atoms with van der Waals surface area (Å²) in [4.78, 5) is 0. The molecule has 0 saturated heterocycles. The second kappa shape index (κ2) is 7.74. The Morgan fingerprint density at radius 1 is 1.12 bits per heavy atom. The molecular formula is C20H21BrN2O2. The Morgan fingerprint density at radius 2 is 1.80 bits per heavy atom. The summed E-state index contributed by atoms with van der Waals surface area (Å²) >= 11 is 3.46. The van der Waals surface area contributed by atoms with Gasteiger partial charge < -0.3 is 14.6 Å². The number of nitrogens with one attached hydrogen (secondary N) is 1. The zero-order valence-electron chi connectivity index (χ0n) is 14.5. The summed E-state index contributed by atoms with van der Waals surface area (Å²) in [6.45, 7) is 4.11. The Morgan fingerprint density at radius 3 is 2.44 bits per heavy atom. The fourth-order valence-electron chi connectivity index (χ4n) is 2.75. The molecule has 0 saturated carbocycles. The number of methoxy groups -OCH3 is 1. The van der Waals surface area contributed by atoms with Gasteiger partial charge in [-0.15, -0.1) is 0 Å². The van der Waals surface area contributed by atoms with Crippen molar-refractivity contribution in [3.63, 3.8) is 0 Å². The van der Waals surface area contributed by atoms with Crippen LogP contribution in [0.4, 0.5) is 5.69 Å². The van der Waals surface area contributed by atoms with Gasteiger partial charge in [0, 0.05) is 16.1 Å². The first-order chi connectivity index (χ1) is 12.1. The van der Waals surface area contributed by atoms with Gasteiger partial charge in [0.2, 0.25) is 0 Å². The van der Waals surface area contributed by atoms with Gasteiger partial charge in [0.25, 0.3) is 0 Å². The molecule has 0 fully saturated rings. The van der Waals surface area contributed by atoms with Crippen molar-refractivity contribution in [2.45, 2.75) is 26.3 Å². The van der Waals surface area contributed by atoms with Crippen molar-refractivity contribution >= 4 is 21.6 Å². The van der Waals surface area contributed by atoms with E-state index in [1.807, 2.05) is 43.3 Å². The lowest BCUT2D eigenvalue weighted by Crippen LogP contribution is -2.18. The van der Waals surface area contributed by atoms with Crippen LogP contribution in [0.2, 0.25) is 0 Å². The number of hydrogen-bond donors (Lipinski definition) is 1. The van der Waals surface area contributed by atoms with E-state index in [1.54, 1.807) is 7.11 Å². The third kappa shape index (κ3) is 4.23. The Labute approximate surface area is 156 Å². The molecule has 1 heterocycles. The number of hydrogen-bond acceptors (Lipinski definition) is 4. The van der Waals surface area contributed by atoms with E-state index < -0.39 is 0 Å². The predicted octanol–water partition coefficient (Wildman–Crippen LogP) is 5.46. The Hall–Kier alpha value is -2.27. The van der Waals surface area contributed by atoms with Crippen molar-refractivity contribution in [3.05, 3.63) is 64.3 Å². The molecule has 4 nitrogen and oxygen atoms in total. The normalized spacial score (nSPS) is 12.0. The average Bonchev–Trinajstić information content (AvgIpc) is 2.97. The molecule has 130 valence electrons. The zero-order valence-corrected chi connectivity index (χ0v) is 16.1. The number of anilines is 1. The number of halogens is 1. The molecule has 0 amide bonds. The Balaban J connectivity index is 1.75. The van der Waals surface area contributed by atoms with Crippen LogP contribution in [-0.2, 0) is 6.42 Å². The largest absolute Gasteiger partial charge is 0.497 e. The van der Waals surface area contributed by atoms with Gasteiger partial charge >= 0.3 is 0 Å². The van der Waals surface area contributed by atoms with E-state index in [0.29, 0.717) is 0 Å². The molecule has 1 atom stereocenters. The van der Waals surface area contributed by atoms with Crippen LogP contribution in [0.1, 0.15) is 18.2 Å². The number of aromatic nitrogens is 1. The molecule has 0 radical (unpaired) electrons. The number of aryl methyl sites for hydroxylation is 1. The maximum absolute atomic E-state index is 5.56. The van der Waals surface area contributed by atoms with Crippen molar-refractivity contribution < 1.29 is 9.26 Å². The van der Waals surface area contributed by atoms with Crippen LogP contribution < -0.4 is 10.1 Å². The summed E-state index contributed by atoms with van der Waals surface area (Å²) in [7, 11) is 1.68. The molecule has 1 aromatic heterocycles. The van der Waals surface area contributed by atoms with Crippen LogP contribution in [0.15, 0.2) is 57.5 Å². The fraction of sp³-hybridized carbons (Fsp3) is 0.250. The minimum atomic E-state index is 0.237. The Bertz CT molecular complexity index is 826. The quantitative estimate of drug-likeness (QED) is 0.596. The molecule has 0 aliphatic rings. The highest BCUT2D eigenvalue weighted by molar-refractivity contribution is 9.10. The van der Waals surface area contributed by atoms with E-state index in [2.05, 4.69) is 45.5 Å². The average molecular weight is 401 g/mol. The van der Waals surface area contributed by atoms with Gasteiger partial charge in [-0.2, -0.15) is 0 Å². The highest BCUT2D eigenvalue weighted by Crippen LogP contribution is 2.32. The molecule has 2 aromatic carbocycles. The van der Waals surface area contributed by atoms with Gasteiger partial charge in [-0.25, -0.2) is 0 Å². The molecule has 25 heavy (non-hydrogen) atoms. The summed E-state index contributed by atoms with van der Waals surface area (Å²) in [6, 6.07) is 16.4. The smallest absolute Gasteiger partial charge is 0.190 e. The van der Waals surface area contributed by atoms with Crippen molar-refractivity contribution in [1.29, 1.82) is 0 Å². The van der Waals surface area contributed by atoms with Gasteiger partial charge in [0.15, 0.2) is 5.76 Å². The van der Waals surface area contributed by atoms with Gasteiger partial charge in [-0.05, 0) is 62.2 Å². The molecule has 0 aliphatic heterocycles. The van der Waals surface area contributed by atoms with E-state index in [-0.39, 0.29) is 6.04 Å². The van der Waals surface area contributed by atoms with Crippen LogP contribution in [-0.4, -0.2) is 18.3 Å². The summed E-state index contributed by atoms with van der Waals surface area (Å²) in [5, 5.41) is 7.68. The first kappa shape index (κ1) is 17.5. The van der Waals surface area contributed by atoms with Crippen LogP contribution >= 0.6 is 15.9 Å². The van der Waals surface area contributed by atoms with Crippen LogP contribution in [0.3, 0.4) is 0 Å². The molecule has 1 unspecified atom stereocenters. The molecule has 0 bridgehead atoms. The van der Waals surface area contributed by atoms with Crippen molar-refractivity contribution in [2.24, 2.45) is 0 Å². The minimum Gasteiger partial charge on any atom is -0.497 e. The van der Waals surface area contributed by atoms with Crippen molar-refractivity contribution in [3.8, 4) is 17.1 Å². The van der Waals surface area contributed by atoms with Crippen LogP contribution in [0, 0.1) is 6.92 Å². The maximum atomic E-state index is 5.56. The highest BCUT2D eigenvalue weighted by Gasteiger charge is 2.17. The van der Waals surface area contributed by atoms with Gasteiger partial charge in [-0.1, -0.05) is 33.2 Å². The van der Waals surface area contributed by atoms with E-state index in [0.717, 1.165) is 39.3 Å². The second-order valence-electron chi connectivity index (χ2n) is 6.08. The first-order valence-electron chi connectivity index (χ1n) is 8.18. The summed E-state index contributed by atoms with van der Waals surface area (Å²) < 4.78 is 11.8. The first-order valence-corrected chi connectivity index (χ1v) is 8.98. The SMILES string of the molecule is COc1ccc(CC(C)Nc2c(C)noc2-c2ccc(Br)cc2)cc1. The monoisotopic (exact) mass is 400 g/mol. The lowest BCUT2D eigenvalue weighted by molar-refractivity contribution is 0.414. The molecule has 0 aliphatic carbocycles. The van der Waals surface area contributed by atoms with E-state index in [1.165, 1.54) is 5.56 Å².